The summed E-state index contributed by atoms with van der Waals surface area (Å²) in [6.07, 6.45) is 3.98. The molecule has 0 saturated carbocycles. The Hall–Kier alpha value is -6.04. The molecule has 0 bridgehead atoms. The molecule has 220 valence electrons. The van der Waals surface area contributed by atoms with Gasteiger partial charge < -0.3 is 28.7 Å². The highest BCUT2D eigenvalue weighted by molar-refractivity contribution is 6.03. The van der Waals surface area contributed by atoms with Gasteiger partial charge in [-0.3, -0.25) is 25.2 Å². The molecule has 0 fully saturated rings. The molecule has 1 aromatic heterocycles. The number of hydrogen-bond donors (Lipinski definition) is 3. The van der Waals surface area contributed by atoms with Crippen LogP contribution in [0.25, 0.3) is 6.08 Å². The molecule has 0 aliphatic heterocycles. The fourth-order valence-corrected chi connectivity index (χ4v) is 3.77. The Morgan fingerprint density at radius 1 is 0.721 bits per heavy atom. The summed E-state index contributed by atoms with van der Waals surface area (Å²) in [6.45, 7) is 0. The SMILES string of the molecule is COc1cc(C(=O)Oc2ccccc2/C=C/C(=O)NNC(=O)c2ccc(NC(=O)c3ccco3)cc2)cc(OC)c1OC. The summed E-state index contributed by atoms with van der Waals surface area (Å²) in [5.41, 5.74) is 5.86. The number of ether oxygens (including phenoxy) is 4. The molecule has 1 heterocycles. The van der Waals surface area contributed by atoms with Crippen molar-refractivity contribution in [3.05, 3.63) is 108 Å². The van der Waals surface area contributed by atoms with Crippen molar-refractivity contribution in [2.45, 2.75) is 0 Å². The number of esters is 1. The molecule has 43 heavy (non-hydrogen) atoms. The lowest BCUT2D eigenvalue weighted by atomic mass is 10.1. The highest BCUT2D eigenvalue weighted by Gasteiger charge is 2.19. The van der Waals surface area contributed by atoms with E-state index in [2.05, 4.69) is 16.2 Å². The van der Waals surface area contributed by atoms with Crippen molar-refractivity contribution in [2.24, 2.45) is 0 Å². The molecule has 0 spiro atoms. The van der Waals surface area contributed by atoms with Crippen LogP contribution in [-0.4, -0.2) is 45.0 Å². The number of nitrogens with one attached hydrogen (secondary N) is 3. The quantitative estimate of drug-likeness (QED) is 0.107. The average molecular weight is 586 g/mol. The van der Waals surface area contributed by atoms with Crippen LogP contribution >= 0.6 is 0 Å². The first-order chi connectivity index (χ1) is 20.8. The van der Waals surface area contributed by atoms with Crippen LogP contribution in [0.3, 0.4) is 0 Å². The second-order valence-corrected chi connectivity index (χ2v) is 8.63. The molecule has 12 nitrogen and oxygen atoms in total. The number of carbonyl (C=O) groups excluding carboxylic acids is 4. The lowest BCUT2D eigenvalue weighted by Gasteiger charge is -2.14. The van der Waals surface area contributed by atoms with E-state index in [1.807, 2.05) is 0 Å². The van der Waals surface area contributed by atoms with E-state index in [4.69, 9.17) is 23.4 Å². The number of para-hydroxylation sites is 1. The van der Waals surface area contributed by atoms with Crippen molar-refractivity contribution < 1.29 is 42.5 Å². The predicted molar refractivity (Wildman–Crippen MR) is 155 cm³/mol. The number of benzene rings is 3. The van der Waals surface area contributed by atoms with Gasteiger partial charge in [0.1, 0.15) is 5.75 Å². The van der Waals surface area contributed by atoms with Crippen molar-refractivity contribution in [3.63, 3.8) is 0 Å². The second-order valence-electron chi connectivity index (χ2n) is 8.63. The Labute approximate surface area is 246 Å². The van der Waals surface area contributed by atoms with Gasteiger partial charge in [-0.2, -0.15) is 0 Å². The van der Waals surface area contributed by atoms with Gasteiger partial charge in [-0.15, -0.1) is 0 Å². The first kappa shape index (κ1) is 29.9. The van der Waals surface area contributed by atoms with Crippen LogP contribution in [0.4, 0.5) is 5.69 Å². The van der Waals surface area contributed by atoms with E-state index >= 15 is 0 Å². The summed E-state index contributed by atoms with van der Waals surface area (Å²) in [6, 6.07) is 18.7. The molecule has 4 rings (SSSR count). The van der Waals surface area contributed by atoms with E-state index in [0.29, 0.717) is 17.0 Å². The minimum atomic E-state index is -0.691. The smallest absolute Gasteiger partial charge is 0.343 e. The molecule has 3 amide bonds. The third-order valence-corrected chi connectivity index (χ3v) is 5.89. The van der Waals surface area contributed by atoms with Crippen molar-refractivity contribution in [2.75, 3.05) is 26.6 Å². The lowest BCUT2D eigenvalue weighted by Crippen LogP contribution is -2.40. The zero-order valence-corrected chi connectivity index (χ0v) is 23.3. The highest BCUT2D eigenvalue weighted by atomic mass is 16.5. The van der Waals surface area contributed by atoms with Gasteiger partial charge in [-0.1, -0.05) is 18.2 Å². The third kappa shape index (κ3) is 7.58. The summed E-state index contributed by atoms with van der Waals surface area (Å²) in [5.74, 6) is -1.10. The maximum atomic E-state index is 12.9. The van der Waals surface area contributed by atoms with E-state index in [-0.39, 0.29) is 34.1 Å². The fraction of sp³-hybridized carbons (Fsp3) is 0.0968. The minimum Gasteiger partial charge on any atom is -0.493 e. The third-order valence-electron chi connectivity index (χ3n) is 5.89. The molecule has 0 aliphatic carbocycles. The number of hydrogen-bond acceptors (Lipinski definition) is 9. The summed E-state index contributed by atoms with van der Waals surface area (Å²) in [5, 5.41) is 2.64. The maximum absolute atomic E-state index is 12.9. The maximum Gasteiger partial charge on any atom is 0.343 e. The fourth-order valence-electron chi connectivity index (χ4n) is 3.77. The molecule has 4 aromatic rings. The Morgan fingerprint density at radius 2 is 1.42 bits per heavy atom. The standard InChI is InChI=1S/C31H27N3O9/c1-39-25-17-21(18-26(40-2)28(25)41-3)31(38)43-23-8-5-4-7-19(23)12-15-27(35)33-34-29(36)20-10-13-22(14-11-20)32-30(37)24-9-6-16-42-24/h4-18H,1-3H3,(H,32,37)(H,33,35)(H,34,36)/b15-12+. The topological polar surface area (TPSA) is 154 Å². The summed E-state index contributed by atoms with van der Waals surface area (Å²) < 4.78 is 26.5. The Kier molecular flexibility index (Phi) is 9.77. The van der Waals surface area contributed by atoms with E-state index in [1.165, 1.54) is 82.2 Å². The van der Waals surface area contributed by atoms with Crippen LogP contribution in [0, 0.1) is 0 Å². The predicted octanol–water partition coefficient (Wildman–Crippen LogP) is 4.25. The first-order valence-electron chi connectivity index (χ1n) is 12.7. The van der Waals surface area contributed by atoms with Gasteiger partial charge in [-0.25, -0.2) is 4.79 Å². The molecule has 0 unspecified atom stereocenters. The summed E-state index contributed by atoms with van der Waals surface area (Å²) in [7, 11) is 4.32. The minimum absolute atomic E-state index is 0.150. The molecule has 0 atom stereocenters. The van der Waals surface area contributed by atoms with Gasteiger partial charge in [0.05, 0.1) is 33.2 Å². The van der Waals surface area contributed by atoms with Crippen LogP contribution in [0.1, 0.15) is 36.8 Å². The molecular weight excluding hydrogens is 558 g/mol. The first-order valence-corrected chi connectivity index (χ1v) is 12.7. The van der Waals surface area contributed by atoms with Gasteiger partial charge in [0, 0.05) is 22.9 Å². The molecule has 12 heteroatoms. The van der Waals surface area contributed by atoms with Crippen molar-refractivity contribution in [1.82, 2.24) is 10.9 Å². The van der Waals surface area contributed by atoms with Crippen LogP contribution in [-0.2, 0) is 4.79 Å². The molecular formula is C31H27N3O9. The molecule has 0 saturated heterocycles. The van der Waals surface area contributed by atoms with Crippen LogP contribution in [0.5, 0.6) is 23.0 Å². The normalized spacial score (nSPS) is 10.5. The molecule has 3 N–H and O–H groups in total. The van der Waals surface area contributed by atoms with E-state index in [1.54, 1.807) is 30.3 Å². The van der Waals surface area contributed by atoms with E-state index < -0.39 is 23.7 Å². The number of rotatable bonds is 10. The van der Waals surface area contributed by atoms with Crippen molar-refractivity contribution >= 4 is 35.5 Å². The summed E-state index contributed by atoms with van der Waals surface area (Å²) >= 11 is 0. The van der Waals surface area contributed by atoms with Gasteiger partial charge >= 0.3 is 5.97 Å². The van der Waals surface area contributed by atoms with Crippen LogP contribution < -0.4 is 35.1 Å². The second kappa shape index (κ2) is 14.0. The average Bonchev–Trinajstić information content (AvgIpc) is 3.58. The van der Waals surface area contributed by atoms with Gasteiger partial charge in [-0.05, 0) is 60.7 Å². The number of furan rings is 1. The van der Waals surface area contributed by atoms with Crippen LogP contribution in [0.15, 0.2) is 89.6 Å². The van der Waals surface area contributed by atoms with Gasteiger partial charge in [0.15, 0.2) is 17.3 Å². The van der Waals surface area contributed by atoms with Crippen molar-refractivity contribution in [1.29, 1.82) is 0 Å². The largest absolute Gasteiger partial charge is 0.493 e. The van der Waals surface area contributed by atoms with Crippen LogP contribution in [0.2, 0.25) is 0 Å². The van der Waals surface area contributed by atoms with Crippen molar-refractivity contribution in [3.8, 4) is 23.0 Å². The number of anilines is 1. The zero-order chi connectivity index (χ0) is 30.8. The molecule has 3 aromatic carbocycles. The Balaban J connectivity index is 1.34. The Bertz CT molecular complexity index is 1620. The van der Waals surface area contributed by atoms with Gasteiger partial charge in [0.2, 0.25) is 5.75 Å². The van der Waals surface area contributed by atoms with Gasteiger partial charge in [0.25, 0.3) is 17.7 Å². The molecule has 0 radical (unpaired) electrons. The molecule has 0 aliphatic rings. The number of amides is 3. The summed E-state index contributed by atoms with van der Waals surface area (Å²) in [4.78, 5) is 49.8. The monoisotopic (exact) mass is 585 g/mol. The van der Waals surface area contributed by atoms with E-state index in [9.17, 15) is 19.2 Å². The number of hydrazine groups is 1. The Morgan fingerprint density at radius 3 is 2.05 bits per heavy atom. The number of methoxy groups -OCH3 is 3. The van der Waals surface area contributed by atoms with E-state index in [0.717, 1.165) is 0 Å². The lowest BCUT2D eigenvalue weighted by molar-refractivity contribution is -0.117. The highest BCUT2D eigenvalue weighted by Crippen LogP contribution is 2.38. The number of carbonyl (C=O) groups is 4. The zero-order valence-electron chi connectivity index (χ0n) is 23.3.